The number of halogens is 5. The fourth-order valence-corrected chi connectivity index (χ4v) is 6.15. The second-order valence-corrected chi connectivity index (χ2v) is 12.0. The van der Waals surface area contributed by atoms with E-state index < -0.39 is 30.0 Å². The van der Waals surface area contributed by atoms with Crippen molar-refractivity contribution in [3.63, 3.8) is 0 Å². The van der Waals surface area contributed by atoms with Crippen LogP contribution in [0.5, 0.6) is 5.75 Å². The largest absolute Gasteiger partial charge is 0.499 e. The number of esters is 1. The number of aryl methyl sites for hydroxylation is 1. The smallest absolute Gasteiger partial charge is 0.463 e. The number of ether oxygens (including phenoxy) is 2. The summed E-state index contributed by atoms with van der Waals surface area (Å²) in [6, 6.07) is 16.1. The molecule has 2 aliphatic heterocycles. The summed E-state index contributed by atoms with van der Waals surface area (Å²) in [5, 5.41) is 8.86. The summed E-state index contributed by atoms with van der Waals surface area (Å²) < 4.78 is 73.8. The van der Waals surface area contributed by atoms with E-state index in [1.807, 2.05) is 11.8 Å². The van der Waals surface area contributed by atoms with Gasteiger partial charge in [0.25, 0.3) is 0 Å². The Hall–Kier alpha value is -5.58. The number of rotatable bonds is 7. The number of aromatic nitrogens is 3. The predicted octanol–water partition coefficient (Wildman–Crippen LogP) is 7.22. The van der Waals surface area contributed by atoms with Crippen molar-refractivity contribution in [2.75, 3.05) is 17.8 Å². The van der Waals surface area contributed by atoms with Gasteiger partial charge in [-0.3, -0.25) is 4.90 Å². The lowest BCUT2D eigenvalue weighted by molar-refractivity contribution is -0.360. The first kappa shape index (κ1) is 34.3. The highest BCUT2D eigenvalue weighted by Gasteiger charge is 2.61. The fourth-order valence-electron chi connectivity index (χ4n) is 5.16. The third kappa shape index (κ3) is 6.94. The van der Waals surface area contributed by atoms with Gasteiger partial charge >= 0.3 is 24.3 Å². The number of carbonyl (C=O) groups excluding carboxylic acids is 2. The summed E-state index contributed by atoms with van der Waals surface area (Å²) in [6.07, 6.45) is -7.73. The van der Waals surface area contributed by atoms with E-state index in [1.165, 1.54) is 18.0 Å². The molecule has 258 valence electrons. The third-order valence-corrected chi connectivity index (χ3v) is 8.53. The van der Waals surface area contributed by atoms with Crippen LogP contribution in [0.2, 0.25) is 0 Å². The van der Waals surface area contributed by atoms with Crippen LogP contribution in [0.15, 0.2) is 88.6 Å². The van der Waals surface area contributed by atoms with Gasteiger partial charge in [0.1, 0.15) is 5.75 Å². The van der Waals surface area contributed by atoms with Crippen LogP contribution in [0.25, 0.3) is 17.1 Å². The lowest BCUT2D eigenvalue weighted by Crippen LogP contribution is -2.41. The van der Waals surface area contributed by atoms with E-state index in [1.54, 1.807) is 24.3 Å². The highest BCUT2D eigenvalue weighted by atomic mass is 32.2. The first-order valence-electron chi connectivity index (χ1n) is 14.8. The molecule has 1 atom stereocenters. The van der Waals surface area contributed by atoms with Crippen LogP contribution in [0.3, 0.4) is 0 Å². The number of carbonyl (C=O) groups is 2. The molecule has 2 aliphatic rings. The SMILES string of the molecule is COC(=O)c1nc(-c2ccc(/C=N/NC(=O)N=C3SCC4=CC(C)c5ccc(C)cc5N43)cc2)nn1-c1ccc(OC(F)(F)C(F)(F)F)cc1. The van der Waals surface area contributed by atoms with E-state index in [0.717, 1.165) is 58.6 Å². The molecule has 17 heteroatoms. The average molecular weight is 712 g/mol. The molecule has 0 saturated carbocycles. The van der Waals surface area contributed by atoms with Gasteiger partial charge in [-0.1, -0.05) is 61.2 Å². The van der Waals surface area contributed by atoms with Crippen LogP contribution in [-0.2, 0) is 4.74 Å². The summed E-state index contributed by atoms with van der Waals surface area (Å²) in [5.41, 5.74) is 7.91. The molecule has 1 unspecified atom stereocenters. The first-order chi connectivity index (χ1) is 23.7. The van der Waals surface area contributed by atoms with E-state index in [2.05, 4.69) is 61.5 Å². The van der Waals surface area contributed by atoms with E-state index in [9.17, 15) is 31.5 Å². The Morgan fingerprint density at radius 1 is 1.04 bits per heavy atom. The number of nitrogens with zero attached hydrogens (tertiary/aromatic N) is 6. The first-order valence-corrected chi connectivity index (χ1v) is 15.8. The number of benzene rings is 3. The number of hydrogen-bond acceptors (Lipinski definition) is 8. The normalized spacial score (nSPS) is 16.6. The molecule has 2 amide bonds. The maximum Gasteiger partial charge on any atom is 0.499 e. The Kier molecular flexibility index (Phi) is 9.17. The van der Waals surface area contributed by atoms with E-state index >= 15 is 0 Å². The zero-order chi connectivity index (χ0) is 35.8. The number of alkyl halides is 5. The number of allylic oxidation sites excluding steroid dienone is 1. The molecule has 3 heterocycles. The molecule has 1 fully saturated rings. The number of aliphatic imine (C=N–C) groups is 1. The molecule has 6 rings (SSSR count). The maximum absolute atomic E-state index is 13.3. The number of hydrazone groups is 1. The second kappa shape index (κ2) is 13.4. The van der Waals surface area contributed by atoms with Crippen LogP contribution < -0.4 is 15.1 Å². The number of hydrogen-bond donors (Lipinski definition) is 1. The van der Waals surface area contributed by atoms with Crippen LogP contribution in [0.4, 0.5) is 32.4 Å². The molecule has 0 bridgehead atoms. The van der Waals surface area contributed by atoms with Crippen molar-refractivity contribution in [1.82, 2.24) is 20.2 Å². The minimum absolute atomic E-state index is 0.0771. The number of anilines is 1. The van der Waals surface area contributed by atoms with Gasteiger partial charge in [0, 0.05) is 22.9 Å². The zero-order valence-electron chi connectivity index (χ0n) is 26.4. The van der Waals surface area contributed by atoms with Crippen molar-refractivity contribution in [2.45, 2.75) is 32.1 Å². The number of urea groups is 1. The summed E-state index contributed by atoms with van der Waals surface area (Å²) in [6.45, 7) is 4.15. The van der Waals surface area contributed by atoms with Crippen molar-refractivity contribution in [3.8, 4) is 22.8 Å². The molecule has 0 radical (unpaired) electrons. The number of amidine groups is 1. The lowest BCUT2D eigenvalue weighted by atomic mass is 9.93. The van der Waals surface area contributed by atoms with Gasteiger partial charge in [0.2, 0.25) is 5.82 Å². The Balaban J connectivity index is 1.14. The molecule has 4 aromatic rings. The van der Waals surface area contributed by atoms with Gasteiger partial charge in [-0.15, -0.1) is 5.10 Å². The minimum atomic E-state index is -5.91. The molecular weight excluding hydrogens is 685 g/mol. The number of thioether (sulfide) groups is 1. The molecule has 1 saturated heterocycles. The quantitative estimate of drug-likeness (QED) is 0.0924. The van der Waals surface area contributed by atoms with Crippen LogP contribution in [-0.4, -0.2) is 63.3 Å². The Morgan fingerprint density at radius 3 is 2.44 bits per heavy atom. The van der Waals surface area contributed by atoms with E-state index in [4.69, 9.17) is 4.74 Å². The highest BCUT2D eigenvalue weighted by Crippen LogP contribution is 2.43. The van der Waals surface area contributed by atoms with Gasteiger partial charge in [-0.05, 0) is 53.9 Å². The van der Waals surface area contributed by atoms with Crippen molar-refractivity contribution in [2.24, 2.45) is 10.1 Å². The lowest BCUT2D eigenvalue weighted by Gasteiger charge is -2.30. The summed E-state index contributed by atoms with van der Waals surface area (Å²) in [7, 11) is 1.12. The summed E-state index contributed by atoms with van der Waals surface area (Å²) in [4.78, 5) is 35.6. The molecule has 3 aromatic carbocycles. The third-order valence-electron chi connectivity index (χ3n) is 7.56. The Labute approximate surface area is 285 Å². The van der Waals surface area contributed by atoms with Crippen molar-refractivity contribution >= 4 is 40.8 Å². The monoisotopic (exact) mass is 711 g/mol. The topological polar surface area (TPSA) is 123 Å². The van der Waals surface area contributed by atoms with Crippen LogP contribution in [0.1, 0.15) is 40.2 Å². The number of nitrogens with one attached hydrogen (secondary N) is 1. The molecule has 11 nitrogen and oxygen atoms in total. The minimum Gasteiger partial charge on any atom is -0.463 e. The maximum atomic E-state index is 13.3. The number of fused-ring (bicyclic) bond motifs is 3. The molecular formula is C33H26F5N7O4S. The summed E-state index contributed by atoms with van der Waals surface area (Å²) in [5.74, 6) is -0.910. The highest BCUT2D eigenvalue weighted by molar-refractivity contribution is 8.14. The molecule has 0 spiro atoms. The van der Waals surface area contributed by atoms with Gasteiger partial charge in [0.15, 0.2) is 11.0 Å². The second-order valence-electron chi connectivity index (χ2n) is 11.1. The predicted molar refractivity (Wildman–Crippen MR) is 176 cm³/mol. The van der Waals surface area contributed by atoms with Crippen molar-refractivity contribution < 1.29 is 41.0 Å². The van der Waals surface area contributed by atoms with E-state index in [0.29, 0.717) is 22.0 Å². The fraction of sp³-hybridized carbons (Fsp3) is 0.212. The van der Waals surface area contributed by atoms with Gasteiger partial charge < -0.3 is 9.47 Å². The molecule has 1 aromatic heterocycles. The Morgan fingerprint density at radius 2 is 1.76 bits per heavy atom. The van der Waals surface area contributed by atoms with Crippen molar-refractivity contribution in [3.05, 3.63) is 101 Å². The number of amides is 2. The number of methoxy groups -OCH3 is 1. The Bertz CT molecular complexity index is 2040. The summed E-state index contributed by atoms with van der Waals surface area (Å²) >= 11 is 1.47. The zero-order valence-corrected chi connectivity index (χ0v) is 27.2. The van der Waals surface area contributed by atoms with Gasteiger partial charge in [0.05, 0.1) is 24.7 Å². The molecule has 1 N–H and O–H groups in total. The standard InChI is InChI=1S/C33H26F5N7O4S/c1-18-4-13-25-19(2)15-23-17-50-31(44(23)26(25)14-18)41-30(47)42-39-16-20-5-7-21(8-6-20)27-40-28(29(46)48-3)45(43-27)22-9-11-24(12-10-22)49-33(37,38)32(34,35)36/h4-16,19H,17H2,1-3H3,(H,42,47)/b39-16+,41-31?. The van der Waals surface area contributed by atoms with Crippen LogP contribution in [0, 0.1) is 6.92 Å². The average Bonchev–Trinajstić information content (AvgIpc) is 3.69. The molecule has 50 heavy (non-hydrogen) atoms. The van der Waals surface area contributed by atoms with Crippen LogP contribution >= 0.6 is 11.8 Å². The van der Waals surface area contributed by atoms with Gasteiger partial charge in [-0.25, -0.2) is 24.7 Å². The van der Waals surface area contributed by atoms with Gasteiger partial charge in [-0.2, -0.15) is 32.0 Å². The van der Waals surface area contributed by atoms with Crippen molar-refractivity contribution in [1.29, 1.82) is 0 Å². The molecule has 0 aliphatic carbocycles. The van der Waals surface area contributed by atoms with E-state index in [-0.39, 0.29) is 23.3 Å².